The van der Waals surface area contributed by atoms with Gasteiger partial charge in [0.1, 0.15) is 5.69 Å². The summed E-state index contributed by atoms with van der Waals surface area (Å²) in [5.74, 6) is -0.0401. The second kappa shape index (κ2) is 7.85. The van der Waals surface area contributed by atoms with Crippen LogP contribution in [0.3, 0.4) is 0 Å². The number of amides is 1. The van der Waals surface area contributed by atoms with Crippen LogP contribution in [0.15, 0.2) is 54.6 Å². The number of nitrogens with zero attached hydrogens (tertiary/aromatic N) is 3. The van der Waals surface area contributed by atoms with E-state index in [2.05, 4.69) is 6.07 Å². The summed E-state index contributed by atoms with van der Waals surface area (Å²) >= 11 is 0. The number of rotatable bonds is 6. The smallest absolute Gasteiger partial charge is 0.270 e. The van der Waals surface area contributed by atoms with Gasteiger partial charge in [0.15, 0.2) is 0 Å². The van der Waals surface area contributed by atoms with Gasteiger partial charge >= 0.3 is 0 Å². The lowest BCUT2D eigenvalue weighted by molar-refractivity contribution is 0.0772. The molecule has 3 aromatic rings. The zero-order chi connectivity index (χ0) is 18.5. The molecular weight excluding hydrogens is 326 g/mol. The summed E-state index contributed by atoms with van der Waals surface area (Å²) in [5, 5.41) is 9.93. The monoisotopic (exact) mass is 347 g/mol. The number of carbonyl (C=O) groups is 1. The molecule has 0 saturated carbocycles. The van der Waals surface area contributed by atoms with Crippen LogP contribution in [0, 0.1) is 11.3 Å². The summed E-state index contributed by atoms with van der Waals surface area (Å²) in [5.41, 5.74) is 3.28. The molecule has 0 radical (unpaired) electrons. The number of aromatic nitrogens is 1. The third-order valence-corrected chi connectivity index (χ3v) is 4.40. The number of ether oxygens (including phenoxy) is 1. The lowest BCUT2D eigenvalue weighted by Gasteiger charge is -2.19. The molecular formula is C21H21N3O2. The van der Waals surface area contributed by atoms with E-state index >= 15 is 0 Å². The Hall–Kier alpha value is -3.10. The second-order valence-corrected chi connectivity index (χ2v) is 6.20. The minimum atomic E-state index is -0.0401. The second-order valence-electron chi connectivity index (χ2n) is 6.20. The molecule has 0 spiro atoms. The van der Waals surface area contributed by atoms with E-state index in [0.29, 0.717) is 31.0 Å². The number of fused-ring (bicyclic) bond motifs is 1. The molecule has 0 aliphatic carbocycles. The van der Waals surface area contributed by atoms with Crippen LogP contribution in [0.1, 0.15) is 21.6 Å². The number of hydrogen-bond donors (Lipinski definition) is 0. The van der Waals surface area contributed by atoms with Gasteiger partial charge in [-0.1, -0.05) is 30.3 Å². The van der Waals surface area contributed by atoms with Crippen molar-refractivity contribution in [2.75, 3.05) is 20.8 Å². The van der Waals surface area contributed by atoms with Crippen LogP contribution in [0.5, 0.6) is 0 Å². The van der Waals surface area contributed by atoms with Crippen molar-refractivity contribution in [2.45, 2.75) is 13.1 Å². The maximum Gasteiger partial charge on any atom is 0.270 e. The van der Waals surface area contributed by atoms with Gasteiger partial charge in [0.2, 0.25) is 0 Å². The highest BCUT2D eigenvalue weighted by Crippen LogP contribution is 2.21. The standard InChI is InChI=1S/C21H21N3O2/c1-23(15-17-9-7-16(14-22)8-10-17)21(25)20-13-18-5-3-4-6-19(18)24(20)11-12-26-2/h3-10,13H,11-12,15H2,1-2H3. The number of carbonyl (C=O) groups excluding carboxylic acids is 1. The molecule has 1 aromatic heterocycles. The maximum atomic E-state index is 13.0. The Bertz CT molecular complexity index is 952. The number of methoxy groups -OCH3 is 1. The maximum absolute atomic E-state index is 13.0. The fraction of sp³-hybridized carbons (Fsp3) is 0.238. The molecule has 1 amide bonds. The van der Waals surface area contributed by atoms with Crippen LogP contribution in [0.2, 0.25) is 0 Å². The Labute approximate surface area is 153 Å². The Morgan fingerprint density at radius 2 is 1.92 bits per heavy atom. The summed E-state index contributed by atoms with van der Waals surface area (Å²) < 4.78 is 7.22. The fourth-order valence-electron chi connectivity index (χ4n) is 3.04. The average molecular weight is 347 g/mol. The molecule has 0 fully saturated rings. The number of para-hydroxylation sites is 1. The van der Waals surface area contributed by atoms with Crippen molar-refractivity contribution in [1.29, 1.82) is 5.26 Å². The molecule has 0 saturated heterocycles. The highest BCUT2D eigenvalue weighted by atomic mass is 16.5. The van der Waals surface area contributed by atoms with Gasteiger partial charge in [0.05, 0.1) is 18.2 Å². The van der Waals surface area contributed by atoms with E-state index in [0.717, 1.165) is 16.5 Å². The van der Waals surface area contributed by atoms with Gasteiger partial charge in [-0.05, 0) is 29.8 Å². The van der Waals surface area contributed by atoms with Crippen LogP contribution in [-0.4, -0.2) is 36.1 Å². The largest absolute Gasteiger partial charge is 0.383 e. The average Bonchev–Trinajstić information content (AvgIpc) is 3.04. The SMILES string of the molecule is COCCn1c(C(=O)N(C)Cc2ccc(C#N)cc2)cc2ccccc21. The highest BCUT2D eigenvalue weighted by molar-refractivity contribution is 5.98. The molecule has 0 bridgehead atoms. The normalized spacial score (nSPS) is 10.7. The number of hydrogen-bond acceptors (Lipinski definition) is 3. The predicted octanol–water partition coefficient (Wildman–Crippen LogP) is 3.43. The summed E-state index contributed by atoms with van der Waals surface area (Å²) in [6.45, 7) is 1.64. The minimum Gasteiger partial charge on any atom is -0.383 e. The van der Waals surface area contributed by atoms with Crippen LogP contribution >= 0.6 is 0 Å². The molecule has 1 heterocycles. The van der Waals surface area contributed by atoms with E-state index in [1.807, 2.05) is 47.0 Å². The van der Waals surface area contributed by atoms with Crippen LogP contribution < -0.4 is 0 Å². The van der Waals surface area contributed by atoms with E-state index in [9.17, 15) is 4.79 Å². The third kappa shape index (κ3) is 3.61. The van der Waals surface area contributed by atoms with Crippen molar-refractivity contribution < 1.29 is 9.53 Å². The summed E-state index contributed by atoms with van der Waals surface area (Å²) in [6.07, 6.45) is 0. The van der Waals surface area contributed by atoms with Gasteiger partial charge in [-0.15, -0.1) is 0 Å². The topological polar surface area (TPSA) is 58.3 Å². The van der Waals surface area contributed by atoms with E-state index in [1.54, 1.807) is 31.2 Å². The summed E-state index contributed by atoms with van der Waals surface area (Å²) in [6, 6.07) is 19.3. The molecule has 132 valence electrons. The summed E-state index contributed by atoms with van der Waals surface area (Å²) in [7, 11) is 3.45. The fourth-order valence-corrected chi connectivity index (χ4v) is 3.04. The predicted molar refractivity (Wildman–Crippen MR) is 101 cm³/mol. The van der Waals surface area contributed by atoms with Crippen molar-refractivity contribution in [2.24, 2.45) is 0 Å². The van der Waals surface area contributed by atoms with Crippen molar-refractivity contribution in [1.82, 2.24) is 9.47 Å². The van der Waals surface area contributed by atoms with Gasteiger partial charge in [0, 0.05) is 38.1 Å². The summed E-state index contributed by atoms with van der Waals surface area (Å²) in [4.78, 5) is 14.7. The van der Waals surface area contributed by atoms with Crippen LogP contribution in [-0.2, 0) is 17.8 Å². The molecule has 2 aromatic carbocycles. The molecule has 5 nitrogen and oxygen atoms in total. The molecule has 3 rings (SSSR count). The Morgan fingerprint density at radius 1 is 1.19 bits per heavy atom. The Morgan fingerprint density at radius 3 is 2.62 bits per heavy atom. The Kier molecular flexibility index (Phi) is 5.35. The zero-order valence-corrected chi connectivity index (χ0v) is 15.0. The van der Waals surface area contributed by atoms with Crippen LogP contribution in [0.25, 0.3) is 10.9 Å². The number of nitriles is 1. The molecule has 0 aliphatic rings. The van der Waals surface area contributed by atoms with Gasteiger partial charge in [-0.2, -0.15) is 5.26 Å². The molecule has 0 aliphatic heterocycles. The van der Waals surface area contributed by atoms with Gasteiger partial charge < -0.3 is 14.2 Å². The van der Waals surface area contributed by atoms with E-state index < -0.39 is 0 Å². The van der Waals surface area contributed by atoms with E-state index in [1.165, 1.54) is 0 Å². The molecule has 0 unspecified atom stereocenters. The molecule has 0 N–H and O–H groups in total. The van der Waals surface area contributed by atoms with Crippen molar-refractivity contribution in [3.63, 3.8) is 0 Å². The molecule has 0 atom stereocenters. The lowest BCUT2D eigenvalue weighted by Crippen LogP contribution is -2.28. The van der Waals surface area contributed by atoms with Crippen molar-refractivity contribution in [3.8, 4) is 6.07 Å². The first-order valence-electron chi connectivity index (χ1n) is 8.45. The van der Waals surface area contributed by atoms with Crippen molar-refractivity contribution >= 4 is 16.8 Å². The first-order chi connectivity index (χ1) is 12.6. The zero-order valence-electron chi connectivity index (χ0n) is 15.0. The van der Waals surface area contributed by atoms with Gasteiger partial charge in [-0.3, -0.25) is 4.79 Å². The lowest BCUT2D eigenvalue weighted by atomic mass is 10.1. The number of benzene rings is 2. The van der Waals surface area contributed by atoms with E-state index in [4.69, 9.17) is 10.00 Å². The van der Waals surface area contributed by atoms with Gasteiger partial charge in [0.25, 0.3) is 5.91 Å². The highest BCUT2D eigenvalue weighted by Gasteiger charge is 2.19. The molecule has 26 heavy (non-hydrogen) atoms. The van der Waals surface area contributed by atoms with E-state index in [-0.39, 0.29) is 5.91 Å². The van der Waals surface area contributed by atoms with Gasteiger partial charge in [-0.25, -0.2) is 0 Å². The Balaban J connectivity index is 1.86. The first kappa shape index (κ1) is 17.7. The molecule has 5 heteroatoms. The van der Waals surface area contributed by atoms with Crippen LogP contribution in [0.4, 0.5) is 0 Å². The quantitative estimate of drug-likeness (QED) is 0.686. The third-order valence-electron chi connectivity index (χ3n) is 4.40. The first-order valence-corrected chi connectivity index (χ1v) is 8.45. The minimum absolute atomic E-state index is 0.0401. The van der Waals surface area contributed by atoms with Crippen molar-refractivity contribution in [3.05, 3.63) is 71.4 Å².